The molecular formula is C20H20FN5O4. The van der Waals surface area contributed by atoms with Crippen molar-refractivity contribution in [1.29, 1.82) is 5.26 Å². The van der Waals surface area contributed by atoms with Gasteiger partial charge in [-0.05, 0) is 18.2 Å². The summed E-state index contributed by atoms with van der Waals surface area (Å²) in [5, 5.41) is 8.78. The molecule has 0 unspecified atom stereocenters. The number of benzene rings is 1. The van der Waals surface area contributed by atoms with Crippen LogP contribution in [-0.2, 0) is 15.9 Å². The van der Waals surface area contributed by atoms with Gasteiger partial charge in [0.25, 0.3) is 0 Å². The first kappa shape index (κ1) is 19.7. The number of anilines is 2. The van der Waals surface area contributed by atoms with E-state index >= 15 is 0 Å². The summed E-state index contributed by atoms with van der Waals surface area (Å²) < 4.78 is 30.8. The number of hydrogen-bond acceptors (Lipinski definition) is 7. The highest BCUT2D eigenvalue weighted by Crippen LogP contribution is 2.30. The van der Waals surface area contributed by atoms with Gasteiger partial charge in [0.2, 0.25) is 5.84 Å². The Morgan fingerprint density at radius 1 is 1.33 bits per heavy atom. The largest absolute Gasteiger partial charge is 0.467 e. The van der Waals surface area contributed by atoms with Gasteiger partial charge in [-0.2, -0.15) is 5.26 Å². The summed E-state index contributed by atoms with van der Waals surface area (Å²) in [5.74, 6) is -0.152. The van der Waals surface area contributed by atoms with Gasteiger partial charge >= 0.3 is 6.09 Å². The second-order valence-electron chi connectivity index (χ2n) is 6.89. The van der Waals surface area contributed by atoms with Crippen molar-refractivity contribution in [2.45, 2.75) is 12.5 Å². The Labute approximate surface area is 172 Å². The van der Waals surface area contributed by atoms with E-state index in [1.807, 2.05) is 4.90 Å². The summed E-state index contributed by atoms with van der Waals surface area (Å²) in [6, 6.07) is 8.02. The first-order chi connectivity index (χ1) is 14.5. The van der Waals surface area contributed by atoms with Crippen LogP contribution in [0.4, 0.5) is 26.2 Å². The highest BCUT2D eigenvalue weighted by atomic mass is 19.1. The first-order valence-corrected chi connectivity index (χ1v) is 9.46. The number of carbonyl (C=O) groups excluding carboxylic acids is 1. The van der Waals surface area contributed by atoms with Crippen LogP contribution in [0.15, 0.2) is 39.9 Å². The van der Waals surface area contributed by atoms with Crippen LogP contribution >= 0.6 is 0 Å². The zero-order valence-corrected chi connectivity index (χ0v) is 16.1. The van der Waals surface area contributed by atoms with Crippen molar-refractivity contribution in [2.75, 3.05) is 42.6 Å². The molecule has 1 aromatic carbocycles. The average Bonchev–Trinajstić information content (AvgIpc) is 3.34. The molecule has 2 aromatic rings. The molecule has 2 saturated heterocycles. The Hall–Kier alpha value is -3.58. The molecule has 1 amide bonds. The number of carbonyl (C=O) groups is 1. The fourth-order valence-electron chi connectivity index (χ4n) is 3.51. The number of morpholine rings is 1. The van der Waals surface area contributed by atoms with Gasteiger partial charge in [0.15, 0.2) is 0 Å². The first-order valence-electron chi connectivity index (χ1n) is 9.46. The van der Waals surface area contributed by atoms with Crippen LogP contribution in [0.3, 0.4) is 0 Å². The molecule has 2 aliphatic rings. The average molecular weight is 413 g/mol. The van der Waals surface area contributed by atoms with Gasteiger partial charge in [-0.1, -0.05) is 0 Å². The van der Waals surface area contributed by atoms with Crippen molar-refractivity contribution >= 4 is 29.0 Å². The summed E-state index contributed by atoms with van der Waals surface area (Å²) in [6.45, 7) is 2.58. The summed E-state index contributed by atoms with van der Waals surface area (Å²) in [4.78, 5) is 19.6. The van der Waals surface area contributed by atoms with E-state index < -0.39 is 18.0 Å². The summed E-state index contributed by atoms with van der Waals surface area (Å²) >= 11 is 0. The van der Waals surface area contributed by atoms with Crippen LogP contribution in [0.25, 0.3) is 0 Å². The molecule has 0 bridgehead atoms. The maximum Gasteiger partial charge on any atom is 0.414 e. The van der Waals surface area contributed by atoms with E-state index in [4.69, 9.17) is 24.9 Å². The Morgan fingerprint density at radius 3 is 2.87 bits per heavy atom. The fourth-order valence-corrected chi connectivity index (χ4v) is 3.51. The van der Waals surface area contributed by atoms with Crippen LogP contribution in [-0.4, -0.2) is 50.9 Å². The lowest BCUT2D eigenvalue weighted by Crippen LogP contribution is -2.36. The van der Waals surface area contributed by atoms with E-state index in [1.165, 1.54) is 17.2 Å². The normalized spacial score (nSPS) is 19.7. The molecule has 1 atom stereocenters. The maximum atomic E-state index is 14.7. The lowest BCUT2D eigenvalue weighted by molar-refractivity contribution is 0.122. The number of nitriles is 1. The standard InChI is InChI=1S/C20H20FN5O4/c21-15-9-13(1-2-17(15)25-4-7-28-8-5-25)26-12-14(30-20(26)27)10-18-16(3-6-29-18)24-19(23)11-22/h1-3,6,9,14H,4-5,7-8,10,12H2,(H2,23,24)/t14-/m0/s1. The molecule has 1 aromatic heterocycles. The van der Waals surface area contributed by atoms with Gasteiger partial charge in [-0.3, -0.25) is 4.90 Å². The van der Waals surface area contributed by atoms with Crippen molar-refractivity contribution in [3.63, 3.8) is 0 Å². The molecule has 0 radical (unpaired) electrons. The zero-order valence-electron chi connectivity index (χ0n) is 16.1. The van der Waals surface area contributed by atoms with Crippen LogP contribution < -0.4 is 15.5 Å². The highest BCUT2D eigenvalue weighted by Gasteiger charge is 2.34. The van der Waals surface area contributed by atoms with E-state index in [9.17, 15) is 9.18 Å². The Bertz CT molecular complexity index is 1010. The second kappa shape index (κ2) is 8.42. The predicted octanol–water partition coefficient (Wildman–Crippen LogP) is 2.34. The highest BCUT2D eigenvalue weighted by molar-refractivity contribution is 5.96. The van der Waals surface area contributed by atoms with Crippen molar-refractivity contribution < 1.29 is 23.1 Å². The lowest BCUT2D eigenvalue weighted by Gasteiger charge is -2.29. The third kappa shape index (κ3) is 4.06. The number of ether oxygens (including phenoxy) is 2. The van der Waals surface area contributed by atoms with Gasteiger partial charge in [0, 0.05) is 25.6 Å². The third-order valence-electron chi connectivity index (χ3n) is 4.96. The number of rotatable bonds is 5. The number of nitrogens with two attached hydrogens (primary N) is 1. The number of furan rings is 1. The number of cyclic esters (lactones) is 1. The van der Waals surface area contributed by atoms with Gasteiger partial charge in [-0.15, -0.1) is 0 Å². The summed E-state index contributed by atoms with van der Waals surface area (Å²) in [5.41, 5.74) is 6.76. The van der Waals surface area contributed by atoms with Crippen molar-refractivity contribution in [2.24, 2.45) is 10.7 Å². The zero-order chi connectivity index (χ0) is 21.1. The van der Waals surface area contributed by atoms with Gasteiger partial charge in [0.05, 0.1) is 37.4 Å². The molecule has 4 rings (SSSR count). The van der Waals surface area contributed by atoms with Crippen molar-refractivity contribution in [3.05, 3.63) is 42.1 Å². The topological polar surface area (TPSA) is 117 Å². The Morgan fingerprint density at radius 2 is 2.13 bits per heavy atom. The van der Waals surface area contributed by atoms with Crippen LogP contribution in [0.5, 0.6) is 0 Å². The number of halogens is 1. The number of nitrogens with zero attached hydrogens (tertiary/aromatic N) is 4. The van der Waals surface area contributed by atoms with E-state index in [1.54, 1.807) is 24.3 Å². The smallest absolute Gasteiger partial charge is 0.414 e. The van der Waals surface area contributed by atoms with E-state index in [0.29, 0.717) is 49.1 Å². The SMILES string of the molecule is N#CC(N)=Nc1ccoc1C[C@H]1CN(c2ccc(N3CCOCC3)c(F)c2)C(=O)O1. The van der Waals surface area contributed by atoms with Crippen LogP contribution in [0.1, 0.15) is 5.76 Å². The molecule has 10 heteroatoms. The number of aliphatic imine (C=N–C) groups is 1. The molecule has 2 N–H and O–H groups in total. The quantitative estimate of drug-likeness (QED) is 0.590. The molecule has 2 fully saturated rings. The summed E-state index contributed by atoms with van der Waals surface area (Å²) in [7, 11) is 0. The van der Waals surface area contributed by atoms with Crippen LogP contribution in [0.2, 0.25) is 0 Å². The molecule has 30 heavy (non-hydrogen) atoms. The fraction of sp³-hybridized carbons (Fsp3) is 0.350. The molecular weight excluding hydrogens is 393 g/mol. The third-order valence-corrected chi connectivity index (χ3v) is 4.96. The maximum absolute atomic E-state index is 14.7. The molecule has 0 aliphatic carbocycles. The Kier molecular flexibility index (Phi) is 5.54. The minimum Gasteiger partial charge on any atom is -0.467 e. The molecule has 156 valence electrons. The Balaban J connectivity index is 1.46. The number of amides is 1. The molecule has 0 spiro atoms. The molecule has 2 aliphatic heterocycles. The van der Waals surface area contributed by atoms with E-state index in [2.05, 4.69) is 4.99 Å². The lowest BCUT2D eigenvalue weighted by atomic mass is 10.1. The number of amidine groups is 1. The molecule has 0 saturated carbocycles. The van der Waals surface area contributed by atoms with Gasteiger partial charge < -0.3 is 24.5 Å². The monoisotopic (exact) mass is 413 g/mol. The number of hydrogen-bond donors (Lipinski definition) is 1. The van der Waals surface area contributed by atoms with E-state index in [0.717, 1.165) is 0 Å². The van der Waals surface area contributed by atoms with Crippen molar-refractivity contribution in [1.82, 2.24) is 0 Å². The van der Waals surface area contributed by atoms with Crippen molar-refractivity contribution in [3.8, 4) is 6.07 Å². The minimum absolute atomic E-state index is 0.196. The van der Waals surface area contributed by atoms with E-state index in [-0.39, 0.29) is 18.8 Å². The molecule has 9 nitrogen and oxygen atoms in total. The summed E-state index contributed by atoms with van der Waals surface area (Å²) in [6.07, 6.45) is 0.600. The second-order valence-corrected chi connectivity index (χ2v) is 6.89. The minimum atomic E-state index is -0.563. The molecule has 3 heterocycles. The van der Waals surface area contributed by atoms with Gasteiger partial charge in [0.1, 0.15) is 29.4 Å². The van der Waals surface area contributed by atoms with Gasteiger partial charge in [-0.25, -0.2) is 14.2 Å². The predicted molar refractivity (Wildman–Crippen MR) is 106 cm³/mol. The van der Waals surface area contributed by atoms with Crippen LogP contribution in [0, 0.1) is 17.1 Å².